The van der Waals surface area contributed by atoms with Gasteiger partial charge in [-0.15, -0.1) is 0 Å². The zero-order valence-corrected chi connectivity index (χ0v) is 16.9. The number of rotatable bonds is 1. The summed E-state index contributed by atoms with van der Waals surface area (Å²) in [6, 6.07) is 9.30. The fraction of sp³-hybridized carbons (Fsp3) is 0.682. The second-order valence-corrected chi connectivity index (χ2v) is 9.17. The van der Waals surface area contributed by atoms with Crippen LogP contribution in [0.3, 0.4) is 0 Å². The van der Waals surface area contributed by atoms with Crippen molar-refractivity contribution in [2.75, 3.05) is 26.2 Å². The van der Waals surface area contributed by atoms with Gasteiger partial charge in [0.1, 0.15) is 5.60 Å². The number of ether oxygens (including phenoxy) is 2. The van der Waals surface area contributed by atoms with Crippen molar-refractivity contribution in [3.05, 3.63) is 35.4 Å². The van der Waals surface area contributed by atoms with Crippen LogP contribution in [0.5, 0.6) is 0 Å². The zero-order valence-electron chi connectivity index (χ0n) is 16.9. The fourth-order valence-electron chi connectivity index (χ4n) is 4.83. The van der Waals surface area contributed by atoms with Crippen molar-refractivity contribution < 1.29 is 14.3 Å². The Labute approximate surface area is 162 Å². The van der Waals surface area contributed by atoms with Gasteiger partial charge in [-0.2, -0.15) is 0 Å². The van der Waals surface area contributed by atoms with Crippen molar-refractivity contribution in [1.82, 2.24) is 9.80 Å². The molecule has 0 unspecified atom stereocenters. The Balaban J connectivity index is 1.30. The van der Waals surface area contributed by atoms with Crippen LogP contribution >= 0.6 is 0 Å². The van der Waals surface area contributed by atoms with Gasteiger partial charge in [0.05, 0.1) is 12.2 Å². The van der Waals surface area contributed by atoms with Gasteiger partial charge in [0.25, 0.3) is 0 Å². The minimum Gasteiger partial charge on any atom is -0.444 e. The Bertz CT molecular complexity index is 681. The molecule has 1 aromatic carbocycles. The van der Waals surface area contributed by atoms with Gasteiger partial charge in [0.2, 0.25) is 0 Å². The highest BCUT2D eigenvalue weighted by molar-refractivity contribution is 5.68. The molecule has 1 saturated heterocycles. The number of hydrogen-bond acceptors (Lipinski definition) is 4. The third kappa shape index (κ3) is 3.85. The van der Waals surface area contributed by atoms with Gasteiger partial charge < -0.3 is 14.4 Å². The summed E-state index contributed by atoms with van der Waals surface area (Å²) in [6.07, 6.45) is 4.35. The maximum Gasteiger partial charge on any atom is 0.410 e. The zero-order chi connectivity index (χ0) is 19.1. The molecule has 1 saturated carbocycles. The van der Waals surface area contributed by atoms with Crippen molar-refractivity contribution in [2.24, 2.45) is 0 Å². The molecule has 5 nitrogen and oxygen atoms in total. The topological polar surface area (TPSA) is 42.0 Å². The predicted molar refractivity (Wildman–Crippen MR) is 105 cm³/mol. The van der Waals surface area contributed by atoms with E-state index in [9.17, 15) is 4.79 Å². The van der Waals surface area contributed by atoms with E-state index in [-0.39, 0.29) is 11.7 Å². The van der Waals surface area contributed by atoms with Crippen molar-refractivity contribution in [3.63, 3.8) is 0 Å². The second-order valence-electron chi connectivity index (χ2n) is 9.17. The van der Waals surface area contributed by atoms with E-state index in [1.807, 2.05) is 25.7 Å². The highest BCUT2D eigenvalue weighted by Crippen LogP contribution is 2.47. The van der Waals surface area contributed by atoms with Crippen LogP contribution < -0.4 is 0 Å². The van der Waals surface area contributed by atoms with E-state index in [2.05, 4.69) is 29.2 Å². The molecular formula is C22H32N2O3. The molecule has 1 aromatic rings. The molecule has 3 aliphatic rings. The largest absolute Gasteiger partial charge is 0.444 e. The molecule has 1 amide bonds. The minimum absolute atomic E-state index is 0.0502. The van der Waals surface area contributed by atoms with Gasteiger partial charge >= 0.3 is 6.09 Å². The van der Waals surface area contributed by atoms with Crippen molar-refractivity contribution in [2.45, 2.75) is 70.3 Å². The molecule has 2 fully saturated rings. The second kappa shape index (κ2) is 7.10. The van der Waals surface area contributed by atoms with Crippen LogP contribution in [0.25, 0.3) is 0 Å². The van der Waals surface area contributed by atoms with E-state index in [0.717, 1.165) is 45.6 Å². The van der Waals surface area contributed by atoms with E-state index in [0.29, 0.717) is 6.04 Å². The lowest BCUT2D eigenvalue weighted by Crippen LogP contribution is -2.54. The van der Waals surface area contributed by atoms with Crippen molar-refractivity contribution >= 4 is 6.09 Å². The number of piperazine rings is 1. The first-order chi connectivity index (χ1) is 12.9. The summed E-state index contributed by atoms with van der Waals surface area (Å²) in [7, 11) is 0. The third-order valence-corrected chi connectivity index (χ3v) is 6.26. The lowest BCUT2D eigenvalue weighted by atomic mass is 9.77. The molecule has 1 aliphatic carbocycles. The lowest BCUT2D eigenvalue weighted by molar-refractivity contribution is -0.0800. The molecule has 148 valence electrons. The first-order valence-corrected chi connectivity index (χ1v) is 10.3. The van der Waals surface area contributed by atoms with Gasteiger partial charge in [-0.05, 0) is 57.6 Å². The first-order valence-electron chi connectivity index (χ1n) is 10.3. The number of amides is 1. The van der Waals surface area contributed by atoms with Crippen LogP contribution in [0.4, 0.5) is 4.79 Å². The molecule has 27 heavy (non-hydrogen) atoms. The highest BCUT2D eigenvalue weighted by atomic mass is 16.6. The highest BCUT2D eigenvalue weighted by Gasteiger charge is 2.44. The SMILES string of the molecule is CC(C)(C)OC(=O)N1CCN(C2CCC3(CC2)OCc2ccccc23)CC1. The summed E-state index contributed by atoms with van der Waals surface area (Å²) < 4.78 is 11.8. The predicted octanol–water partition coefficient (Wildman–Crippen LogP) is 3.91. The Morgan fingerprint density at radius 3 is 2.44 bits per heavy atom. The number of carbonyl (C=O) groups excluding carboxylic acids is 1. The quantitative estimate of drug-likeness (QED) is 0.750. The van der Waals surface area contributed by atoms with Crippen LogP contribution in [-0.4, -0.2) is 53.7 Å². The Morgan fingerprint density at radius 2 is 1.78 bits per heavy atom. The van der Waals surface area contributed by atoms with E-state index in [1.165, 1.54) is 24.0 Å². The summed E-state index contributed by atoms with van der Waals surface area (Å²) >= 11 is 0. The summed E-state index contributed by atoms with van der Waals surface area (Å²) in [6.45, 7) is 9.91. The van der Waals surface area contributed by atoms with Crippen molar-refractivity contribution in [1.29, 1.82) is 0 Å². The maximum atomic E-state index is 12.3. The molecule has 2 heterocycles. The van der Waals surface area contributed by atoms with Crippen LogP contribution in [0.15, 0.2) is 24.3 Å². The molecule has 0 bridgehead atoms. The number of nitrogens with zero attached hydrogens (tertiary/aromatic N) is 2. The summed E-state index contributed by atoms with van der Waals surface area (Å²) in [5, 5.41) is 0. The van der Waals surface area contributed by atoms with Crippen LogP contribution in [0.2, 0.25) is 0 Å². The summed E-state index contributed by atoms with van der Waals surface area (Å²) in [5.41, 5.74) is 2.30. The van der Waals surface area contributed by atoms with Crippen LogP contribution in [-0.2, 0) is 21.7 Å². The average Bonchev–Trinajstić information content (AvgIpc) is 3.00. The van der Waals surface area contributed by atoms with E-state index < -0.39 is 5.60 Å². The Hall–Kier alpha value is -1.59. The molecular weight excluding hydrogens is 340 g/mol. The summed E-state index contributed by atoms with van der Waals surface area (Å²) in [5.74, 6) is 0. The molecule has 4 rings (SSSR count). The van der Waals surface area contributed by atoms with E-state index in [4.69, 9.17) is 9.47 Å². The van der Waals surface area contributed by atoms with Gasteiger partial charge in [0.15, 0.2) is 0 Å². The Morgan fingerprint density at radius 1 is 1.11 bits per heavy atom. The fourth-order valence-corrected chi connectivity index (χ4v) is 4.83. The smallest absolute Gasteiger partial charge is 0.410 e. The molecule has 0 N–H and O–H groups in total. The number of benzene rings is 1. The van der Waals surface area contributed by atoms with E-state index >= 15 is 0 Å². The molecule has 5 heteroatoms. The summed E-state index contributed by atoms with van der Waals surface area (Å²) in [4.78, 5) is 16.7. The first kappa shape index (κ1) is 18.8. The normalized spacial score (nSPS) is 29.0. The Kier molecular flexibility index (Phi) is 4.93. The van der Waals surface area contributed by atoms with Crippen LogP contribution in [0.1, 0.15) is 57.6 Å². The molecule has 2 aliphatic heterocycles. The average molecular weight is 373 g/mol. The van der Waals surface area contributed by atoms with Crippen molar-refractivity contribution in [3.8, 4) is 0 Å². The van der Waals surface area contributed by atoms with E-state index in [1.54, 1.807) is 0 Å². The van der Waals surface area contributed by atoms with Gasteiger partial charge in [-0.1, -0.05) is 24.3 Å². The molecule has 0 atom stereocenters. The molecule has 0 aromatic heterocycles. The standard InChI is InChI=1S/C22H32N2O3/c1-21(2,3)27-20(25)24-14-12-23(13-15-24)18-8-10-22(11-9-18)19-7-5-4-6-17(19)16-26-22/h4-7,18H,8-16H2,1-3H3. The lowest BCUT2D eigenvalue weighted by Gasteiger charge is -2.44. The minimum atomic E-state index is -0.427. The number of carbonyl (C=O) groups is 1. The number of hydrogen-bond donors (Lipinski definition) is 0. The van der Waals surface area contributed by atoms with Gasteiger partial charge in [0, 0.05) is 32.2 Å². The monoisotopic (exact) mass is 372 g/mol. The number of fused-ring (bicyclic) bond motifs is 2. The third-order valence-electron chi connectivity index (χ3n) is 6.26. The maximum absolute atomic E-state index is 12.3. The van der Waals surface area contributed by atoms with Gasteiger partial charge in [-0.25, -0.2) is 4.79 Å². The molecule has 1 spiro atoms. The van der Waals surface area contributed by atoms with Gasteiger partial charge in [-0.3, -0.25) is 4.90 Å². The van der Waals surface area contributed by atoms with Crippen LogP contribution in [0, 0.1) is 0 Å². The molecule has 0 radical (unpaired) electrons.